The lowest BCUT2D eigenvalue weighted by molar-refractivity contribution is -0.144. The van der Waals surface area contributed by atoms with Crippen LogP contribution in [-0.4, -0.2) is 83.4 Å². The highest BCUT2D eigenvalue weighted by Gasteiger charge is 2.55. The maximum atomic E-state index is 14.9. The summed E-state index contributed by atoms with van der Waals surface area (Å²) in [6.45, 7) is 7.39. The first-order valence-corrected chi connectivity index (χ1v) is 18.6. The molecule has 13 heteroatoms. The van der Waals surface area contributed by atoms with Gasteiger partial charge in [0, 0.05) is 42.2 Å². The summed E-state index contributed by atoms with van der Waals surface area (Å²) >= 11 is 6.28. The van der Waals surface area contributed by atoms with Crippen LogP contribution in [0.5, 0.6) is 0 Å². The normalized spacial score (nSPS) is 20.7. The molecule has 3 aromatic rings. The minimum atomic E-state index is -1.10. The molecule has 0 bridgehead atoms. The van der Waals surface area contributed by atoms with E-state index in [1.54, 1.807) is 19.2 Å². The minimum absolute atomic E-state index is 0.00940. The molecule has 0 aromatic heterocycles. The van der Waals surface area contributed by atoms with Gasteiger partial charge in [0.25, 0.3) is 11.8 Å². The number of oxime groups is 1. The summed E-state index contributed by atoms with van der Waals surface area (Å²) in [4.78, 5) is 77.0. The maximum absolute atomic E-state index is 14.9. The maximum Gasteiger partial charge on any atom is 0.289 e. The number of Topliss-reactive ketones (excluding diaryl/α,β-unsaturated/α-hetero) is 1. The van der Waals surface area contributed by atoms with E-state index in [0.29, 0.717) is 28.4 Å². The number of ketones is 1. The van der Waals surface area contributed by atoms with Gasteiger partial charge in [-0.05, 0) is 53.6 Å². The van der Waals surface area contributed by atoms with Crippen LogP contribution in [0.2, 0.25) is 5.02 Å². The highest BCUT2D eigenvalue weighted by Crippen LogP contribution is 2.40. The number of nitrogens with zero attached hydrogens (tertiary/aromatic N) is 2. The second-order valence-corrected chi connectivity index (χ2v) is 15.8. The van der Waals surface area contributed by atoms with Crippen molar-refractivity contribution in [3.05, 3.63) is 76.8 Å². The van der Waals surface area contributed by atoms with Crippen LogP contribution >= 0.6 is 11.6 Å². The summed E-state index contributed by atoms with van der Waals surface area (Å²) in [5.41, 5.74) is 0.502. The minimum Gasteiger partial charge on any atom is -0.387 e. The molecular weight excluding hydrogens is 696 g/mol. The van der Waals surface area contributed by atoms with Gasteiger partial charge in [0.05, 0.1) is 23.9 Å². The van der Waals surface area contributed by atoms with Gasteiger partial charge in [-0.15, -0.1) is 0 Å². The number of amides is 4. The first kappa shape index (κ1) is 37.8. The highest BCUT2D eigenvalue weighted by molar-refractivity contribution is 6.38. The molecule has 53 heavy (non-hydrogen) atoms. The number of hydrogen-bond acceptors (Lipinski definition) is 8. The van der Waals surface area contributed by atoms with Crippen molar-refractivity contribution in [2.45, 2.75) is 96.0 Å². The SMILES string of the molecule is CCC[C@H](NC(=O)[C@@H]1C[C@]2(CC(c3cccc(Cl)c3)=NO2)CN1C(=O)[C@@H](NC(=O)c1c(NC)ccc2ccccc12)C(C)(C)C)C(=O)C(=O)NC1CC1. The molecule has 4 N–H and O–H groups in total. The Morgan fingerprint density at radius 2 is 1.77 bits per heavy atom. The number of rotatable bonds is 12. The first-order valence-electron chi connectivity index (χ1n) is 18.2. The summed E-state index contributed by atoms with van der Waals surface area (Å²) in [5, 5.41) is 18.1. The van der Waals surface area contributed by atoms with Crippen molar-refractivity contribution >= 4 is 63.2 Å². The third kappa shape index (κ3) is 8.17. The van der Waals surface area contributed by atoms with Gasteiger partial charge in [-0.2, -0.15) is 0 Å². The number of hydrogen-bond donors (Lipinski definition) is 4. The molecule has 2 aliphatic heterocycles. The molecule has 1 saturated heterocycles. The third-order valence-electron chi connectivity index (χ3n) is 10.1. The lowest BCUT2D eigenvalue weighted by Gasteiger charge is -2.36. The van der Waals surface area contributed by atoms with Crippen LogP contribution in [0.4, 0.5) is 5.69 Å². The van der Waals surface area contributed by atoms with E-state index in [9.17, 15) is 24.0 Å². The van der Waals surface area contributed by atoms with Gasteiger partial charge in [0.2, 0.25) is 17.6 Å². The van der Waals surface area contributed by atoms with Gasteiger partial charge in [0.15, 0.2) is 5.60 Å². The molecule has 1 spiro atoms. The standard InChI is InChI=1S/C40H47ClN6O6/c1-6-10-29(33(48)37(51)43-26-16-17-26)44-35(49)31-21-40(20-30(46-53-40)24-12-9-13-25(41)19-24)22-47(31)38(52)34(39(2,3)4)45-36(50)32-27-14-8-7-11-23(27)15-18-28(32)42-5/h7-9,11-15,18-19,26,29,31,34,42H,6,10,16-17,20-22H2,1-5H3,(H,43,51)(H,44,49)(H,45,50)/t29-,31-,34+,40+/m0/s1. The number of carbonyl (C=O) groups is 5. The summed E-state index contributed by atoms with van der Waals surface area (Å²) in [6, 6.07) is 15.2. The van der Waals surface area contributed by atoms with Gasteiger partial charge in [0.1, 0.15) is 12.1 Å². The van der Waals surface area contributed by atoms with Crippen molar-refractivity contribution in [2.75, 3.05) is 18.9 Å². The molecule has 2 heterocycles. The molecule has 1 saturated carbocycles. The van der Waals surface area contributed by atoms with Crippen molar-refractivity contribution in [2.24, 2.45) is 10.6 Å². The first-order chi connectivity index (χ1) is 25.2. The summed E-state index contributed by atoms with van der Waals surface area (Å²) in [7, 11) is 1.73. The Hall–Kier alpha value is -4.97. The quantitative estimate of drug-likeness (QED) is 0.191. The monoisotopic (exact) mass is 742 g/mol. The average Bonchev–Trinajstić information content (AvgIpc) is 3.72. The summed E-state index contributed by atoms with van der Waals surface area (Å²) in [6.07, 6.45) is 2.75. The van der Waals surface area contributed by atoms with Crippen molar-refractivity contribution in [1.29, 1.82) is 0 Å². The Morgan fingerprint density at radius 1 is 1.02 bits per heavy atom. The highest BCUT2D eigenvalue weighted by atomic mass is 35.5. The number of anilines is 1. The van der Waals surface area contributed by atoms with Crippen LogP contribution in [0, 0.1) is 5.41 Å². The van der Waals surface area contributed by atoms with E-state index in [0.717, 1.165) is 29.2 Å². The fourth-order valence-electron chi connectivity index (χ4n) is 7.16. The fraction of sp³-hybridized carbons (Fsp3) is 0.450. The van der Waals surface area contributed by atoms with Gasteiger partial charge >= 0.3 is 0 Å². The Balaban J connectivity index is 1.31. The Morgan fingerprint density at radius 3 is 2.45 bits per heavy atom. The smallest absolute Gasteiger partial charge is 0.289 e. The van der Waals surface area contributed by atoms with E-state index < -0.39 is 58.6 Å². The van der Waals surface area contributed by atoms with E-state index >= 15 is 0 Å². The average molecular weight is 743 g/mol. The van der Waals surface area contributed by atoms with Crippen molar-refractivity contribution in [3.63, 3.8) is 0 Å². The Bertz CT molecular complexity index is 1970. The molecule has 1 aliphatic carbocycles. The summed E-state index contributed by atoms with van der Waals surface area (Å²) in [5.74, 6) is -2.99. The number of nitrogens with one attached hydrogen (secondary N) is 4. The molecule has 2 fully saturated rings. The number of likely N-dealkylation sites (tertiary alicyclic amines) is 1. The number of fused-ring (bicyclic) bond motifs is 1. The van der Waals surface area contributed by atoms with E-state index in [1.807, 2.05) is 76.2 Å². The number of benzene rings is 3. The molecule has 0 unspecified atom stereocenters. The van der Waals surface area contributed by atoms with E-state index in [4.69, 9.17) is 16.4 Å². The van der Waals surface area contributed by atoms with E-state index in [1.165, 1.54) is 4.90 Å². The predicted octanol–water partition coefficient (Wildman–Crippen LogP) is 4.98. The lowest BCUT2D eigenvalue weighted by Crippen LogP contribution is -2.59. The van der Waals surface area contributed by atoms with Crippen molar-refractivity contribution in [3.8, 4) is 0 Å². The Labute approximate surface area is 314 Å². The second kappa shape index (κ2) is 15.2. The topological polar surface area (TPSA) is 158 Å². The van der Waals surface area contributed by atoms with E-state index in [2.05, 4.69) is 26.4 Å². The third-order valence-corrected chi connectivity index (χ3v) is 10.4. The van der Waals surface area contributed by atoms with Crippen LogP contribution in [0.3, 0.4) is 0 Å². The molecule has 280 valence electrons. The molecular formula is C40H47ClN6O6. The van der Waals surface area contributed by atoms with Gasteiger partial charge in [-0.1, -0.05) is 93.3 Å². The zero-order chi connectivity index (χ0) is 38.1. The molecule has 12 nitrogen and oxygen atoms in total. The molecule has 4 amide bonds. The molecule has 0 radical (unpaired) electrons. The largest absolute Gasteiger partial charge is 0.387 e. The second-order valence-electron chi connectivity index (χ2n) is 15.4. The van der Waals surface area contributed by atoms with Crippen LogP contribution in [-0.2, 0) is 24.0 Å². The summed E-state index contributed by atoms with van der Waals surface area (Å²) < 4.78 is 0. The number of halogens is 1. The lowest BCUT2D eigenvalue weighted by atomic mass is 9.85. The van der Waals surface area contributed by atoms with Crippen molar-refractivity contribution in [1.82, 2.24) is 20.9 Å². The number of carbonyl (C=O) groups excluding carboxylic acids is 5. The van der Waals surface area contributed by atoms with Crippen LogP contribution in [0.15, 0.2) is 65.8 Å². The van der Waals surface area contributed by atoms with E-state index in [-0.39, 0.29) is 31.8 Å². The molecule has 3 aliphatic rings. The zero-order valence-corrected chi connectivity index (χ0v) is 31.5. The molecule has 4 atom stereocenters. The van der Waals surface area contributed by atoms with Gasteiger partial charge in [-0.3, -0.25) is 24.0 Å². The molecule has 3 aromatic carbocycles. The zero-order valence-electron chi connectivity index (χ0n) is 30.8. The van der Waals surface area contributed by atoms with Crippen LogP contribution in [0.25, 0.3) is 10.8 Å². The van der Waals surface area contributed by atoms with Crippen molar-refractivity contribution < 1.29 is 28.8 Å². The Kier molecular flexibility index (Phi) is 10.8. The van der Waals surface area contributed by atoms with Crippen LogP contribution < -0.4 is 21.3 Å². The fourth-order valence-corrected chi connectivity index (χ4v) is 7.35. The van der Waals surface area contributed by atoms with Gasteiger partial charge < -0.3 is 31.0 Å². The molecule has 6 rings (SSSR count). The predicted molar refractivity (Wildman–Crippen MR) is 204 cm³/mol. The van der Waals surface area contributed by atoms with Gasteiger partial charge in [-0.25, -0.2) is 0 Å². The van der Waals surface area contributed by atoms with Crippen LogP contribution in [0.1, 0.15) is 82.1 Å².